The van der Waals surface area contributed by atoms with Gasteiger partial charge in [0.05, 0.1) is 35.1 Å². The van der Waals surface area contributed by atoms with Crippen LogP contribution in [0.1, 0.15) is 45.8 Å². The zero-order chi connectivity index (χ0) is 27.6. The standard InChI is InChI=1S/C31H32N6O2S/c1-34-11-13-35(14-12-34)31(39)29-16-25-15-26(9-10-28(25)40-29)37(30(38)24-3-2-4-24)20-27-18-33-21-36(27)19-23-7-5-22(17-32)6-8-23/h5-10,15-16,18,21,24H,2-4,11-14,19-20H2,1H3. The van der Waals surface area contributed by atoms with Crippen molar-refractivity contribution in [3.63, 3.8) is 0 Å². The fourth-order valence-electron chi connectivity index (χ4n) is 5.31. The van der Waals surface area contributed by atoms with Crippen molar-refractivity contribution in [3.05, 3.63) is 82.8 Å². The Labute approximate surface area is 238 Å². The van der Waals surface area contributed by atoms with Crippen molar-refractivity contribution in [2.24, 2.45) is 5.92 Å². The highest BCUT2D eigenvalue weighted by molar-refractivity contribution is 7.20. The lowest BCUT2D eigenvalue weighted by atomic mass is 9.84. The van der Waals surface area contributed by atoms with E-state index in [1.165, 1.54) is 11.3 Å². The Hall–Kier alpha value is -4.00. The highest BCUT2D eigenvalue weighted by Crippen LogP contribution is 2.34. The second kappa shape index (κ2) is 11.2. The van der Waals surface area contributed by atoms with Crippen molar-refractivity contribution < 1.29 is 9.59 Å². The number of carbonyl (C=O) groups excluding carboxylic acids is 2. The average Bonchev–Trinajstić information content (AvgIpc) is 3.57. The lowest BCUT2D eigenvalue weighted by Crippen LogP contribution is -2.46. The minimum absolute atomic E-state index is 0.0439. The normalized spacial score (nSPS) is 16.1. The van der Waals surface area contributed by atoms with Gasteiger partial charge < -0.3 is 19.3 Å². The molecule has 9 heteroatoms. The quantitative estimate of drug-likeness (QED) is 0.331. The van der Waals surface area contributed by atoms with E-state index in [2.05, 4.69) is 27.6 Å². The molecule has 8 nitrogen and oxygen atoms in total. The molecule has 2 aromatic carbocycles. The van der Waals surface area contributed by atoms with E-state index in [0.29, 0.717) is 18.7 Å². The molecule has 0 bridgehead atoms. The summed E-state index contributed by atoms with van der Waals surface area (Å²) in [5.74, 6) is 0.271. The number of hydrogen-bond acceptors (Lipinski definition) is 6. The summed E-state index contributed by atoms with van der Waals surface area (Å²) < 4.78 is 3.10. The molecule has 6 rings (SSSR count). The molecule has 1 saturated carbocycles. The molecule has 1 aliphatic heterocycles. The van der Waals surface area contributed by atoms with Crippen LogP contribution >= 0.6 is 11.3 Å². The molecule has 40 heavy (non-hydrogen) atoms. The van der Waals surface area contributed by atoms with E-state index in [1.54, 1.807) is 6.33 Å². The Kier molecular flexibility index (Phi) is 7.37. The molecule has 2 amide bonds. The second-order valence-corrected chi connectivity index (χ2v) is 11.9. The summed E-state index contributed by atoms with van der Waals surface area (Å²) in [7, 11) is 2.08. The van der Waals surface area contributed by atoms with Crippen molar-refractivity contribution in [1.29, 1.82) is 5.26 Å². The number of rotatable bonds is 7. The number of thiophene rings is 1. The monoisotopic (exact) mass is 552 g/mol. The second-order valence-electron chi connectivity index (χ2n) is 10.8. The molecular weight excluding hydrogens is 520 g/mol. The minimum atomic E-state index is 0.0439. The number of hydrogen-bond donors (Lipinski definition) is 0. The van der Waals surface area contributed by atoms with Crippen molar-refractivity contribution in [2.45, 2.75) is 32.4 Å². The van der Waals surface area contributed by atoms with Gasteiger partial charge in [0, 0.05) is 55.2 Å². The van der Waals surface area contributed by atoms with Gasteiger partial charge in [-0.3, -0.25) is 9.59 Å². The molecule has 0 radical (unpaired) electrons. The van der Waals surface area contributed by atoms with Crippen molar-refractivity contribution >= 4 is 38.9 Å². The molecule has 2 fully saturated rings. The van der Waals surface area contributed by atoms with Gasteiger partial charge in [-0.15, -0.1) is 11.3 Å². The van der Waals surface area contributed by atoms with Crippen LogP contribution in [0.15, 0.2) is 61.1 Å². The molecule has 0 atom stereocenters. The van der Waals surface area contributed by atoms with Crippen LogP contribution in [-0.4, -0.2) is 64.4 Å². The maximum absolute atomic E-state index is 13.7. The Bertz CT molecular complexity index is 1570. The lowest BCUT2D eigenvalue weighted by Gasteiger charge is -2.32. The van der Waals surface area contributed by atoms with Gasteiger partial charge in [-0.25, -0.2) is 4.98 Å². The van der Waals surface area contributed by atoms with Gasteiger partial charge in [0.15, 0.2) is 0 Å². The maximum atomic E-state index is 13.7. The summed E-state index contributed by atoms with van der Waals surface area (Å²) >= 11 is 1.52. The Morgan fingerprint density at radius 2 is 1.85 bits per heavy atom. The Morgan fingerprint density at radius 1 is 1.07 bits per heavy atom. The number of aromatic nitrogens is 2. The number of imidazole rings is 1. The van der Waals surface area contributed by atoms with Gasteiger partial charge in [0.2, 0.25) is 5.91 Å². The Balaban J connectivity index is 1.26. The number of fused-ring (bicyclic) bond motifs is 1. The largest absolute Gasteiger partial charge is 0.335 e. The molecule has 0 N–H and O–H groups in total. The van der Waals surface area contributed by atoms with Crippen LogP contribution < -0.4 is 4.90 Å². The number of amides is 2. The summed E-state index contributed by atoms with van der Waals surface area (Å²) in [4.78, 5) is 38.1. The zero-order valence-electron chi connectivity index (χ0n) is 22.6. The SMILES string of the molecule is CN1CCN(C(=O)c2cc3cc(N(Cc4cncn4Cc4ccc(C#N)cc4)C(=O)C4CCC4)ccc3s2)CC1. The third-order valence-corrected chi connectivity index (χ3v) is 9.19. The van der Waals surface area contributed by atoms with Crippen molar-refractivity contribution in [1.82, 2.24) is 19.4 Å². The first-order valence-corrected chi connectivity index (χ1v) is 14.6. The fourth-order valence-corrected chi connectivity index (χ4v) is 6.32. The molecule has 1 saturated heterocycles. The highest BCUT2D eigenvalue weighted by Gasteiger charge is 2.31. The lowest BCUT2D eigenvalue weighted by molar-refractivity contribution is -0.124. The van der Waals surface area contributed by atoms with Gasteiger partial charge >= 0.3 is 0 Å². The first-order chi connectivity index (χ1) is 19.5. The van der Waals surface area contributed by atoms with E-state index >= 15 is 0 Å². The smallest absolute Gasteiger partial charge is 0.264 e. The van der Waals surface area contributed by atoms with Gasteiger partial charge in [-0.05, 0) is 67.2 Å². The molecule has 0 unspecified atom stereocenters. The van der Waals surface area contributed by atoms with Crippen molar-refractivity contribution in [2.75, 3.05) is 38.1 Å². The summed E-state index contributed by atoms with van der Waals surface area (Å²) in [5.41, 5.74) is 3.47. The predicted octanol–water partition coefficient (Wildman–Crippen LogP) is 4.74. The molecular formula is C31H32N6O2S. The molecule has 2 aromatic heterocycles. The van der Waals surface area contributed by atoms with Crippen LogP contribution in [0.5, 0.6) is 0 Å². The summed E-state index contributed by atoms with van der Waals surface area (Å²) in [6.07, 6.45) is 6.54. The van der Waals surface area contributed by atoms with E-state index in [9.17, 15) is 9.59 Å². The highest BCUT2D eigenvalue weighted by atomic mass is 32.1. The topological polar surface area (TPSA) is 85.5 Å². The number of carbonyl (C=O) groups is 2. The van der Waals surface area contributed by atoms with E-state index in [1.807, 2.05) is 64.5 Å². The van der Waals surface area contributed by atoms with Crippen LogP contribution in [0.25, 0.3) is 10.1 Å². The van der Waals surface area contributed by atoms with Crippen LogP contribution in [0.3, 0.4) is 0 Å². The number of piperazine rings is 1. The predicted molar refractivity (Wildman–Crippen MR) is 156 cm³/mol. The first kappa shape index (κ1) is 26.2. The number of likely N-dealkylation sites (N-methyl/N-ethyl adjacent to an activating group) is 1. The van der Waals surface area contributed by atoms with E-state index in [0.717, 1.165) is 77.3 Å². The number of nitriles is 1. The molecule has 204 valence electrons. The number of anilines is 1. The molecule has 3 heterocycles. The van der Waals surface area contributed by atoms with Crippen LogP contribution in [0.4, 0.5) is 5.69 Å². The van der Waals surface area contributed by atoms with E-state index < -0.39 is 0 Å². The maximum Gasteiger partial charge on any atom is 0.264 e. The average molecular weight is 553 g/mol. The van der Waals surface area contributed by atoms with Gasteiger partial charge in [0.25, 0.3) is 5.91 Å². The van der Waals surface area contributed by atoms with Gasteiger partial charge in [0.1, 0.15) is 0 Å². The first-order valence-electron chi connectivity index (χ1n) is 13.8. The molecule has 1 aliphatic carbocycles. The van der Waals surface area contributed by atoms with Crippen LogP contribution in [0.2, 0.25) is 0 Å². The molecule has 2 aliphatic rings. The summed E-state index contributed by atoms with van der Waals surface area (Å²) in [6, 6.07) is 17.7. The van der Waals surface area contributed by atoms with Gasteiger partial charge in [-0.1, -0.05) is 18.6 Å². The number of benzene rings is 2. The fraction of sp³-hybridized carbons (Fsp3) is 0.355. The van der Waals surface area contributed by atoms with E-state index in [4.69, 9.17) is 5.26 Å². The molecule has 0 spiro atoms. The Morgan fingerprint density at radius 3 is 2.55 bits per heavy atom. The molecule has 4 aromatic rings. The number of nitrogens with zero attached hydrogens (tertiary/aromatic N) is 6. The minimum Gasteiger partial charge on any atom is -0.335 e. The van der Waals surface area contributed by atoms with Gasteiger partial charge in [-0.2, -0.15) is 5.26 Å². The van der Waals surface area contributed by atoms with Crippen LogP contribution in [0, 0.1) is 17.2 Å². The summed E-state index contributed by atoms with van der Waals surface area (Å²) in [6.45, 7) is 4.28. The zero-order valence-corrected chi connectivity index (χ0v) is 23.4. The van der Waals surface area contributed by atoms with Crippen molar-refractivity contribution in [3.8, 4) is 6.07 Å². The van der Waals surface area contributed by atoms with E-state index in [-0.39, 0.29) is 17.7 Å². The summed E-state index contributed by atoms with van der Waals surface area (Å²) in [5, 5.41) is 10.1. The third-order valence-electron chi connectivity index (χ3n) is 8.09. The third kappa shape index (κ3) is 5.37. The van der Waals surface area contributed by atoms with Crippen LogP contribution in [-0.2, 0) is 17.9 Å².